The standard InChI is InChI=1S/C13H23N5/c1-4-11-12(14)16-8-17-13(11)15-7-9(2)18(3)10-5-6-10/h8-10H,4-7H2,1-3H3,(H3,14,15,16,17). The van der Waals surface area contributed by atoms with Crippen LogP contribution in [0.3, 0.4) is 0 Å². The van der Waals surface area contributed by atoms with Gasteiger partial charge in [0.15, 0.2) is 0 Å². The highest BCUT2D eigenvalue weighted by atomic mass is 15.2. The van der Waals surface area contributed by atoms with Crippen LogP contribution in [-0.2, 0) is 6.42 Å². The van der Waals surface area contributed by atoms with Crippen LogP contribution in [0, 0.1) is 0 Å². The van der Waals surface area contributed by atoms with E-state index in [2.05, 4.69) is 41.1 Å². The molecule has 5 heteroatoms. The van der Waals surface area contributed by atoms with E-state index in [1.807, 2.05) is 0 Å². The first-order chi connectivity index (χ1) is 8.63. The lowest BCUT2D eigenvalue weighted by molar-refractivity contribution is 0.257. The van der Waals surface area contributed by atoms with Crippen LogP contribution in [0.4, 0.5) is 11.6 Å². The average Bonchev–Trinajstić information content (AvgIpc) is 3.19. The van der Waals surface area contributed by atoms with Gasteiger partial charge in [-0.2, -0.15) is 0 Å². The van der Waals surface area contributed by atoms with E-state index in [9.17, 15) is 0 Å². The van der Waals surface area contributed by atoms with E-state index in [0.717, 1.165) is 30.4 Å². The van der Waals surface area contributed by atoms with Gasteiger partial charge in [-0.1, -0.05) is 6.92 Å². The molecule has 1 atom stereocenters. The fourth-order valence-corrected chi connectivity index (χ4v) is 2.16. The molecule has 0 bridgehead atoms. The average molecular weight is 249 g/mol. The Bertz CT molecular complexity index is 402. The Balaban J connectivity index is 1.95. The van der Waals surface area contributed by atoms with Gasteiger partial charge in [-0.3, -0.25) is 4.90 Å². The molecule has 1 fully saturated rings. The molecule has 2 rings (SSSR count). The van der Waals surface area contributed by atoms with Gasteiger partial charge < -0.3 is 11.1 Å². The van der Waals surface area contributed by atoms with E-state index >= 15 is 0 Å². The van der Waals surface area contributed by atoms with Crippen LogP contribution in [0.5, 0.6) is 0 Å². The van der Waals surface area contributed by atoms with Gasteiger partial charge in [0.1, 0.15) is 18.0 Å². The van der Waals surface area contributed by atoms with Crippen molar-refractivity contribution in [2.24, 2.45) is 0 Å². The van der Waals surface area contributed by atoms with Crippen molar-refractivity contribution < 1.29 is 0 Å². The van der Waals surface area contributed by atoms with Crippen molar-refractivity contribution in [3.05, 3.63) is 11.9 Å². The van der Waals surface area contributed by atoms with Crippen molar-refractivity contribution in [1.82, 2.24) is 14.9 Å². The molecule has 1 aliphatic rings. The van der Waals surface area contributed by atoms with Crippen LogP contribution in [0.25, 0.3) is 0 Å². The van der Waals surface area contributed by atoms with Gasteiger partial charge in [-0.25, -0.2) is 9.97 Å². The fourth-order valence-electron chi connectivity index (χ4n) is 2.16. The molecule has 0 radical (unpaired) electrons. The minimum atomic E-state index is 0.499. The fraction of sp³-hybridized carbons (Fsp3) is 0.692. The van der Waals surface area contributed by atoms with Crippen molar-refractivity contribution in [2.45, 2.75) is 45.2 Å². The van der Waals surface area contributed by atoms with Crippen molar-refractivity contribution in [1.29, 1.82) is 0 Å². The smallest absolute Gasteiger partial charge is 0.134 e. The topological polar surface area (TPSA) is 67.1 Å². The number of likely N-dealkylation sites (N-methyl/N-ethyl adjacent to an activating group) is 1. The molecule has 1 saturated carbocycles. The summed E-state index contributed by atoms with van der Waals surface area (Å²) in [5.74, 6) is 1.46. The van der Waals surface area contributed by atoms with Crippen LogP contribution >= 0.6 is 0 Å². The molecule has 5 nitrogen and oxygen atoms in total. The predicted octanol–water partition coefficient (Wildman–Crippen LogP) is 1.52. The van der Waals surface area contributed by atoms with E-state index in [0.29, 0.717) is 11.9 Å². The number of aromatic nitrogens is 2. The van der Waals surface area contributed by atoms with E-state index in [1.165, 1.54) is 19.2 Å². The zero-order valence-electron chi connectivity index (χ0n) is 11.5. The molecule has 1 aromatic heterocycles. The largest absolute Gasteiger partial charge is 0.383 e. The molecule has 0 spiro atoms. The molecule has 1 unspecified atom stereocenters. The molecule has 1 heterocycles. The van der Waals surface area contributed by atoms with E-state index < -0.39 is 0 Å². The highest BCUT2D eigenvalue weighted by molar-refractivity contribution is 5.54. The summed E-state index contributed by atoms with van der Waals surface area (Å²) >= 11 is 0. The van der Waals surface area contributed by atoms with Gasteiger partial charge in [0.2, 0.25) is 0 Å². The highest BCUT2D eigenvalue weighted by Gasteiger charge is 2.28. The normalized spacial score (nSPS) is 16.9. The molecule has 1 aliphatic carbocycles. The molecule has 18 heavy (non-hydrogen) atoms. The molecular formula is C13H23N5. The maximum Gasteiger partial charge on any atom is 0.134 e. The minimum Gasteiger partial charge on any atom is -0.383 e. The van der Waals surface area contributed by atoms with Crippen LogP contribution in [0.1, 0.15) is 32.3 Å². The first-order valence-corrected chi connectivity index (χ1v) is 6.68. The van der Waals surface area contributed by atoms with Gasteiger partial charge in [0.05, 0.1) is 0 Å². The van der Waals surface area contributed by atoms with E-state index in [1.54, 1.807) is 0 Å². The Kier molecular flexibility index (Phi) is 4.01. The quantitative estimate of drug-likeness (QED) is 0.800. The van der Waals surface area contributed by atoms with Gasteiger partial charge in [0.25, 0.3) is 0 Å². The lowest BCUT2D eigenvalue weighted by atomic mass is 10.2. The predicted molar refractivity (Wildman–Crippen MR) is 74.6 cm³/mol. The number of hydrogen-bond donors (Lipinski definition) is 2. The first-order valence-electron chi connectivity index (χ1n) is 6.68. The number of anilines is 2. The molecule has 0 amide bonds. The highest BCUT2D eigenvalue weighted by Crippen LogP contribution is 2.27. The number of nitrogens with one attached hydrogen (secondary N) is 1. The summed E-state index contributed by atoms with van der Waals surface area (Å²) in [5.41, 5.74) is 6.87. The summed E-state index contributed by atoms with van der Waals surface area (Å²) < 4.78 is 0. The lowest BCUT2D eigenvalue weighted by Gasteiger charge is -2.25. The van der Waals surface area contributed by atoms with Crippen molar-refractivity contribution in [3.8, 4) is 0 Å². The van der Waals surface area contributed by atoms with E-state index in [4.69, 9.17) is 5.73 Å². The first kappa shape index (κ1) is 13.1. The van der Waals surface area contributed by atoms with E-state index in [-0.39, 0.29) is 0 Å². The third kappa shape index (κ3) is 2.90. The zero-order valence-corrected chi connectivity index (χ0v) is 11.5. The van der Waals surface area contributed by atoms with Crippen molar-refractivity contribution >= 4 is 11.6 Å². The second-order valence-corrected chi connectivity index (χ2v) is 5.07. The van der Waals surface area contributed by atoms with Gasteiger partial charge >= 0.3 is 0 Å². The summed E-state index contributed by atoms with van der Waals surface area (Å²) in [5, 5.41) is 3.40. The molecule has 3 N–H and O–H groups in total. The van der Waals surface area contributed by atoms with Crippen LogP contribution < -0.4 is 11.1 Å². The monoisotopic (exact) mass is 249 g/mol. The minimum absolute atomic E-state index is 0.499. The molecular weight excluding hydrogens is 226 g/mol. The lowest BCUT2D eigenvalue weighted by Crippen LogP contribution is -2.36. The number of nitrogens with two attached hydrogens (primary N) is 1. The van der Waals surface area contributed by atoms with Crippen LogP contribution in [0.2, 0.25) is 0 Å². The Morgan fingerprint density at radius 1 is 1.50 bits per heavy atom. The van der Waals surface area contributed by atoms with Gasteiger partial charge in [-0.05, 0) is 33.2 Å². The number of nitrogens with zero attached hydrogens (tertiary/aromatic N) is 3. The number of rotatable bonds is 6. The second-order valence-electron chi connectivity index (χ2n) is 5.07. The Hall–Kier alpha value is -1.36. The van der Waals surface area contributed by atoms with Crippen LogP contribution in [0.15, 0.2) is 6.33 Å². The molecule has 0 aromatic carbocycles. The third-order valence-corrected chi connectivity index (χ3v) is 3.72. The number of nitrogen functional groups attached to an aromatic ring is 1. The Morgan fingerprint density at radius 2 is 2.22 bits per heavy atom. The molecule has 1 aromatic rings. The summed E-state index contributed by atoms with van der Waals surface area (Å²) in [4.78, 5) is 10.7. The maximum absolute atomic E-state index is 5.85. The van der Waals surface area contributed by atoms with Crippen molar-refractivity contribution in [2.75, 3.05) is 24.6 Å². The van der Waals surface area contributed by atoms with Crippen molar-refractivity contribution in [3.63, 3.8) is 0 Å². The molecule has 100 valence electrons. The van der Waals surface area contributed by atoms with Gasteiger partial charge in [-0.15, -0.1) is 0 Å². The Morgan fingerprint density at radius 3 is 2.83 bits per heavy atom. The summed E-state index contributed by atoms with van der Waals surface area (Å²) in [6.07, 6.45) is 5.04. The summed E-state index contributed by atoms with van der Waals surface area (Å²) in [6, 6.07) is 1.28. The van der Waals surface area contributed by atoms with Gasteiger partial charge in [0, 0.05) is 24.2 Å². The third-order valence-electron chi connectivity index (χ3n) is 3.72. The zero-order chi connectivity index (χ0) is 13.1. The van der Waals surface area contributed by atoms with Crippen LogP contribution in [-0.4, -0.2) is 40.5 Å². The molecule has 0 saturated heterocycles. The Labute approximate surface area is 109 Å². The SMILES string of the molecule is CCc1c(N)ncnc1NCC(C)N(C)C1CC1. The number of hydrogen-bond acceptors (Lipinski definition) is 5. The summed E-state index contributed by atoms with van der Waals surface area (Å²) in [6.45, 7) is 5.19. The second kappa shape index (κ2) is 5.52. The molecule has 0 aliphatic heterocycles. The summed E-state index contributed by atoms with van der Waals surface area (Å²) in [7, 11) is 2.19. The maximum atomic E-state index is 5.85.